The molecule has 2 heterocycles. The van der Waals surface area contributed by atoms with Crippen molar-refractivity contribution in [2.75, 3.05) is 0 Å². The Morgan fingerprint density at radius 1 is 1.55 bits per heavy atom. The van der Waals surface area contributed by atoms with Crippen LogP contribution in [0.1, 0.15) is 0 Å². The van der Waals surface area contributed by atoms with Crippen LogP contribution in [0.3, 0.4) is 0 Å². The number of aryl methyl sites for hydroxylation is 1. The number of hydrogen-bond acceptors (Lipinski definition) is 3. The lowest BCUT2D eigenvalue weighted by molar-refractivity contribution is 0.793. The lowest BCUT2D eigenvalue weighted by Crippen LogP contribution is -2.06. The first-order chi connectivity index (χ1) is 5.29. The Balaban J connectivity index is 3.06. The van der Waals surface area contributed by atoms with Crippen LogP contribution < -0.4 is 5.56 Å². The molecular formula is C6H6N4O. The molecule has 11 heavy (non-hydrogen) atoms. The highest BCUT2D eigenvalue weighted by Gasteiger charge is 2.01. The summed E-state index contributed by atoms with van der Waals surface area (Å²) < 4.78 is 1.61. The van der Waals surface area contributed by atoms with Gasteiger partial charge in [0, 0.05) is 7.05 Å². The summed E-state index contributed by atoms with van der Waals surface area (Å²) in [7, 11) is 1.77. The van der Waals surface area contributed by atoms with Crippen molar-refractivity contribution in [1.29, 1.82) is 0 Å². The SMILES string of the molecule is Cn1ncc2c(=O)[nH]ncc21. The molecule has 0 unspecified atom stereocenters. The molecule has 0 atom stereocenters. The molecule has 2 aromatic rings. The van der Waals surface area contributed by atoms with Crippen molar-refractivity contribution in [3.05, 3.63) is 22.7 Å². The molecule has 0 radical (unpaired) electrons. The highest BCUT2D eigenvalue weighted by Crippen LogP contribution is 2.02. The van der Waals surface area contributed by atoms with Gasteiger partial charge in [-0.15, -0.1) is 0 Å². The van der Waals surface area contributed by atoms with Crippen molar-refractivity contribution >= 4 is 10.9 Å². The van der Waals surface area contributed by atoms with Crippen molar-refractivity contribution < 1.29 is 0 Å². The number of fused-ring (bicyclic) bond motifs is 1. The van der Waals surface area contributed by atoms with E-state index in [1.165, 1.54) is 6.20 Å². The predicted octanol–water partition coefficient (Wildman–Crippen LogP) is -0.343. The minimum atomic E-state index is -0.199. The van der Waals surface area contributed by atoms with Crippen molar-refractivity contribution in [3.8, 4) is 0 Å². The first-order valence-electron chi connectivity index (χ1n) is 3.14. The van der Waals surface area contributed by atoms with Crippen LogP contribution in [-0.2, 0) is 7.05 Å². The number of aromatic amines is 1. The Hall–Kier alpha value is -1.65. The van der Waals surface area contributed by atoms with Crippen LogP contribution in [0.4, 0.5) is 0 Å². The van der Waals surface area contributed by atoms with E-state index in [0.29, 0.717) is 5.39 Å². The van der Waals surface area contributed by atoms with Crippen molar-refractivity contribution in [2.24, 2.45) is 7.05 Å². The molecule has 0 aliphatic carbocycles. The molecular weight excluding hydrogens is 144 g/mol. The Morgan fingerprint density at radius 3 is 3.09 bits per heavy atom. The van der Waals surface area contributed by atoms with Gasteiger partial charge in [-0.1, -0.05) is 0 Å². The van der Waals surface area contributed by atoms with Gasteiger partial charge in [0.05, 0.1) is 23.3 Å². The van der Waals surface area contributed by atoms with Crippen molar-refractivity contribution in [2.45, 2.75) is 0 Å². The molecule has 1 N–H and O–H groups in total. The predicted molar refractivity (Wildman–Crippen MR) is 39.1 cm³/mol. The van der Waals surface area contributed by atoms with Gasteiger partial charge in [-0.05, 0) is 0 Å². The second-order valence-corrected chi connectivity index (χ2v) is 2.27. The summed E-state index contributed by atoms with van der Waals surface area (Å²) in [5.74, 6) is 0. The topological polar surface area (TPSA) is 63.6 Å². The van der Waals surface area contributed by atoms with Gasteiger partial charge in [0.2, 0.25) is 0 Å². The van der Waals surface area contributed by atoms with E-state index < -0.39 is 0 Å². The van der Waals surface area contributed by atoms with Gasteiger partial charge in [-0.3, -0.25) is 9.48 Å². The summed E-state index contributed by atoms with van der Waals surface area (Å²) in [4.78, 5) is 11.0. The van der Waals surface area contributed by atoms with Gasteiger partial charge in [0.1, 0.15) is 0 Å². The van der Waals surface area contributed by atoms with Crippen molar-refractivity contribution in [3.63, 3.8) is 0 Å². The average Bonchev–Trinajstić information content (AvgIpc) is 2.35. The molecule has 5 nitrogen and oxygen atoms in total. The van der Waals surface area contributed by atoms with E-state index in [4.69, 9.17) is 0 Å². The summed E-state index contributed by atoms with van der Waals surface area (Å²) in [6.07, 6.45) is 3.10. The van der Waals surface area contributed by atoms with Crippen LogP contribution in [0, 0.1) is 0 Å². The average molecular weight is 150 g/mol. The van der Waals surface area contributed by atoms with Gasteiger partial charge in [0.15, 0.2) is 0 Å². The maximum absolute atomic E-state index is 11.0. The maximum atomic E-state index is 11.0. The highest BCUT2D eigenvalue weighted by atomic mass is 16.1. The number of nitrogens with zero attached hydrogens (tertiary/aromatic N) is 3. The molecule has 0 aromatic carbocycles. The maximum Gasteiger partial charge on any atom is 0.275 e. The molecule has 0 bridgehead atoms. The fourth-order valence-electron chi connectivity index (χ4n) is 0.987. The number of H-pyrrole nitrogens is 1. The molecule has 0 spiro atoms. The zero-order valence-electron chi connectivity index (χ0n) is 5.90. The number of aromatic nitrogens is 4. The largest absolute Gasteiger partial charge is 0.275 e. The Morgan fingerprint density at radius 2 is 2.36 bits per heavy atom. The lowest BCUT2D eigenvalue weighted by atomic mass is 10.4. The van der Waals surface area contributed by atoms with Crippen LogP contribution >= 0.6 is 0 Å². The van der Waals surface area contributed by atoms with E-state index in [-0.39, 0.29) is 5.56 Å². The number of hydrogen-bond donors (Lipinski definition) is 1. The van der Waals surface area contributed by atoms with Crippen molar-refractivity contribution in [1.82, 2.24) is 20.0 Å². The van der Waals surface area contributed by atoms with Gasteiger partial charge in [-0.2, -0.15) is 10.2 Å². The first-order valence-corrected chi connectivity index (χ1v) is 3.14. The third kappa shape index (κ3) is 0.739. The minimum absolute atomic E-state index is 0.199. The van der Waals surface area contributed by atoms with E-state index in [2.05, 4.69) is 15.3 Å². The first kappa shape index (κ1) is 6.09. The monoisotopic (exact) mass is 150 g/mol. The van der Waals surface area contributed by atoms with Gasteiger partial charge >= 0.3 is 0 Å². The van der Waals surface area contributed by atoms with Crippen LogP contribution in [0.2, 0.25) is 0 Å². The Kier molecular flexibility index (Phi) is 1.06. The quantitative estimate of drug-likeness (QED) is 0.558. The number of rotatable bonds is 0. The highest BCUT2D eigenvalue weighted by molar-refractivity contribution is 5.75. The summed E-state index contributed by atoms with van der Waals surface area (Å²) in [5, 5.41) is 10.5. The van der Waals surface area contributed by atoms with E-state index >= 15 is 0 Å². The second kappa shape index (κ2) is 1.91. The molecule has 0 aliphatic rings. The van der Waals surface area contributed by atoms with E-state index in [1.54, 1.807) is 17.9 Å². The molecule has 0 aliphatic heterocycles. The molecule has 0 fully saturated rings. The molecule has 5 heteroatoms. The standard InChI is InChI=1S/C6H6N4O/c1-10-5-3-7-9-6(11)4(5)2-8-10/h2-3H,1H3,(H,9,11). The Bertz CT molecular complexity index is 441. The molecule has 2 rings (SSSR count). The third-order valence-corrected chi connectivity index (χ3v) is 1.58. The molecule has 2 aromatic heterocycles. The fourth-order valence-corrected chi connectivity index (χ4v) is 0.987. The third-order valence-electron chi connectivity index (χ3n) is 1.58. The summed E-state index contributed by atoms with van der Waals surface area (Å²) in [6.45, 7) is 0. The summed E-state index contributed by atoms with van der Waals surface area (Å²) in [5.41, 5.74) is 0.546. The fraction of sp³-hybridized carbons (Fsp3) is 0.167. The van der Waals surface area contributed by atoms with Crippen LogP contribution in [-0.4, -0.2) is 20.0 Å². The van der Waals surface area contributed by atoms with Crippen LogP contribution in [0.25, 0.3) is 10.9 Å². The Labute approximate surface area is 61.7 Å². The summed E-state index contributed by atoms with van der Waals surface area (Å²) >= 11 is 0. The smallest absolute Gasteiger partial charge is 0.267 e. The van der Waals surface area contributed by atoms with Crippen LogP contribution in [0.15, 0.2) is 17.2 Å². The zero-order chi connectivity index (χ0) is 7.84. The van der Waals surface area contributed by atoms with E-state index in [9.17, 15) is 4.79 Å². The zero-order valence-corrected chi connectivity index (χ0v) is 5.90. The second-order valence-electron chi connectivity index (χ2n) is 2.27. The normalized spacial score (nSPS) is 10.6. The van der Waals surface area contributed by atoms with Gasteiger partial charge in [0.25, 0.3) is 5.56 Å². The number of nitrogens with one attached hydrogen (secondary N) is 1. The van der Waals surface area contributed by atoms with Gasteiger partial charge in [-0.25, -0.2) is 5.10 Å². The lowest BCUT2D eigenvalue weighted by Gasteiger charge is -1.89. The molecule has 56 valence electrons. The molecule has 0 saturated heterocycles. The van der Waals surface area contributed by atoms with E-state index in [1.807, 2.05) is 0 Å². The molecule has 0 saturated carbocycles. The van der Waals surface area contributed by atoms with Gasteiger partial charge < -0.3 is 0 Å². The van der Waals surface area contributed by atoms with E-state index in [0.717, 1.165) is 5.52 Å². The summed E-state index contributed by atoms with van der Waals surface area (Å²) in [6, 6.07) is 0. The van der Waals surface area contributed by atoms with Crippen LogP contribution in [0.5, 0.6) is 0 Å². The minimum Gasteiger partial charge on any atom is -0.267 e. The molecule has 0 amide bonds.